The van der Waals surface area contributed by atoms with Crippen LogP contribution in [0, 0.1) is 0 Å². The van der Waals surface area contributed by atoms with Crippen molar-refractivity contribution in [1.29, 1.82) is 0 Å². The first kappa shape index (κ1) is 28.4. The maximum Gasteiger partial charge on any atom is 0.252 e. The summed E-state index contributed by atoms with van der Waals surface area (Å²) in [5.74, 6) is 4.42. The molecule has 0 saturated heterocycles. The molecule has 202 valence electrons. The van der Waals surface area contributed by atoms with Crippen molar-refractivity contribution < 1.29 is 0 Å². The van der Waals surface area contributed by atoms with Crippen LogP contribution in [0.1, 0.15) is 22.3 Å². The molecule has 5 rings (SSSR count). The molecule has 0 radical (unpaired) electrons. The van der Waals surface area contributed by atoms with Gasteiger partial charge in [0.25, 0.3) is 5.95 Å². The van der Waals surface area contributed by atoms with Crippen molar-refractivity contribution in [3.8, 4) is 0 Å². The van der Waals surface area contributed by atoms with Gasteiger partial charge in [0.2, 0.25) is 5.95 Å². The van der Waals surface area contributed by atoms with Crippen LogP contribution < -0.4 is 8.43 Å². The first-order valence-electron chi connectivity index (χ1n) is 12.8. The normalized spacial score (nSPS) is 10.8. The highest BCUT2D eigenvalue weighted by molar-refractivity contribution is 8.17. The quantitative estimate of drug-likeness (QED) is 0.0996. The first-order valence-corrected chi connectivity index (χ1v) is 16.7. The summed E-state index contributed by atoms with van der Waals surface area (Å²) in [7, 11) is 0. The molecule has 4 aromatic carbocycles. The van der Waals surface area contributed by atoms with Crippen LogP contribution in [-0.4, -0.2) is 15.0 Å². The molecule has 0 atom stereocenters. The van der Waals surface area contributed by atoms with Gasteiger partial charge in [0.1, 0.15) is 0 Å². The Morgan fingerprint density at radius 2 is 0.950 bits per heavy atom. The molecule has 5 nitrogen and oxygen atoms in total. The smallest absolute Gasteiger partial charge is 0.252 e. The maximum atomic E-state index is 4.92. The van der Waals surface area contributed by atoms with Gasteiger partial charge in [0.05, 0.1) is 0 Å². The minimum absolute atomic E-state index is 0.562. The standard InChI is InChI=1S/C31H29N5S4/c1-5-13-25(14-6-1)21-37-31-33-29(35-38-22-26-15-7-2-8-16-26)32-30(34-31)36(39-23-27-17-9-3-10-18-27)40-24-28-19-11-4-12-20-28/h1-20H,21-24H2,(H,32,33,34,35). The molecule has 1 N–H and O–H groups in total. The molecule has 5 aromatic rings. The lowest BCUT2D eigenvalue weighted by atomic mass is 10.2. The van der Waals surface area contributed by atoms with Gasteiger partial charge in [0.15, 0.2) is 5.16 Å². The molecule has 0 bridgehead atoms. The zero-order chi connectivity index (χ0) is 27.2. The highest BCUT2D eigenvalue weighted by atomic mass is 32.2. The topological polar surface area (TPSA) is 53.9 Å². The number of rotatable bonds is 14. The summed E-state index contributed by atoms with van der Waals surface area (Å²) in [4.78, 5) is 14.5. The van der Waals surface area contributed by atoms with Crippen LogP contribution in [0.4, 0.5) is 11.9 Å². The van der Waals surface area contributed by atoms with Crippen LogP contribution in [0.15, 0.2) is 126 Å². The fourth-order valence-electron chi connectivity index (χ4n) is 3.59. The van der Waals surface area contributed by atoms with Crippen molar-refractivity contribution >= 4 is 59.5 Å². The number of hydrogen-bond acceptors (Lipinski definition) is 9. The molecule has 0 saturated carbocycles. The number of benzene rings is 4. The number of thioether (sulfide) groups is 1. The molecule has 0 aliphatic heterocycles. The predicted molar refractivity (Wildman–Crippen MR) is 175 cm³/mol. The predicted octanol–water partition coefficient (Wildman–Crippen LogP) is 8.93. The monoisotopic (exact) mass is 599 g/mol. The van der Waals surface area contributed by atoms with Gasteiger partial charge in [0, 0.05) is 23.0 Å². The van der Waals surface area contributed by atoms with E-state index in [9.17, 15) is 0 Å². The van der Waals surface area contributed by atoms with E-state index in [4.69, 9.17) is 15.0 Å². The Labute approximate surface area is 253 Å². The van der Waals surface area contributed by atoms with Crippen molar-refractivity contribution in [3.05, 3.63) is 144 Å². The second-order valence-electron chi connectivity index (χ2n) is 8.67. The van der Waals surface area contributed by atoms with Crippen LogP contribution in [0.3, 0.4) is 0 Å². The fraction of sp³-hybridized carbons (Fsp3) is 0.129. The molecule has 0 aliphatic carbocycles. The minimum atomic E-state index is 0.562. The van der Waals surface area contributed by atoms with Gasteiger partial charge < -0.3 is 0 Å². The Morgan fingerprint density at radius 1 is 0.500 bits per heavy atom. The van der Waals surface area contributed by atoms with Gasteiger partial charge >= 0.3 is 0 Å². The van der Waals surface area contributed by atoms with Gasteiger partial charge in [-0.1, -0.05) is 133 Å². The Bertz CT molecular complexity index is 1380. The molecule has 1 aromatic heterocycles. The van der Waals surface area contributed by atoms with Crippen LogP contribution in [0.25, 0.3) is 0 Å². The van der Waals surface area contributed by atoms with Crippen molar-refractivity contribution in [2.75, 3.05) is 8.43 Å². The number of nitrogens with zero attached hydrogens (tertiary/aromatic N) is 4. The van der Waals surface area contributed by atoms with Gasteiger partial charge in [-0.2, -0.15) is 15.0 Å². The summed E-state index contributed by atoms with van der Waals surface area (Å²) in [6.45, 7) is 0. The molecule has 0 spiro atoms. The lowest BCUT2D eigenvalue weighted by Crippen LogP contribution is -2.12. The third-order valence-electron chi connectivity index (χ3n) is 5.60. The van der Waals surface area contributed by atoms with E-state index in [-0.39, 0.29) is 0 Å². The van der Waals surface area contributed by atoms with E-state index >= 15 is 0 Å². The summed E-state index contributed by atoms with van der Waals surface area (Å²) in [6, 6.07) is 41.8. The summed E-state index contributed by atoms with van der Waals surface area (Å²) in [5.41, 5.74) is 4.98. The van der Waals surface area contributed by atoms with E-state index in [0.717, 1.165) is 23.0 Å². The fourth-order valence-corrected chi connectivity index (χ4v) is 6.95. The van der Waals surface area contributed by atoms with E-state index in [1.54, 1.807) is 47.6 Å². The van der Waals surface area contributed by atoms with Gasteiger partial charge in [-0.3, -0.25) is 4.72 Å². The van der Waals surface area contributed by atoms with Crippen molar-refractivity contribution in [2.24, 2.45) is 0 Å². The number of hydrogen-bond donors (Lipinski definition) is 1. The van der Waals surface area contributed by atoms with Crippen LogP contribution in [0.2, 0.25) is 0 Å². The Morgan fingerprint density at radius 3 is 1.45 bits per heavy atom. The van der Waals surface area contributed by atoms with Crippen LogP contribution in [-0.2, 0) is 23.0 Å². The Hall–Kier alpha value is -3.11. The molecule has 0 aliphatic rings. The average molecular weight is 600 g/mol. The van der Waals surface area contributed by atoms with E-state index < -0.39 is 0 Å². The summed E-state index contributed by atoms with van der Waals surface area (Å²) >= 11 is 6.60. The Balaban J connectivity index is 1.37. The second-order valence-corrected chi connectivity index (χ2v) is 12.4. The third-order valence-corrected chi connectivity index (χ3v) is 9.68. The lowest BCUT2D eigenvalue weighted by molar-refractivity contribution is 0.921. The van der Waals surface area contributed by atoms with E-state index in [1.165, 1.54) is 22.3 Å². The molecule has 40 heavy (non-hydrogen) atoms. The molecular formula is C31H29N5S4. The molecule has 0 unspecified atom stereocenters. The zero-order valence-corrected chi connectivity index (χ0v) is 25.1. The van der Waals surface area contributed by atoms with Crippen molar-refractivity contribution in [1.82, 2.24) is 15.0 Å². The summed E-state index contributed by atoms with van der Waals surface area (Å²) in [6.07, 6.45) is 0. The van der Waals surface area contributed by atoms with E-state index in [2.05, 4.69) is 105 Å². The molecule has 0 amide bonds. The van der Waals surface area contributed by atoms with Gasteiger partial charge in [-0.25, -0.2) is 3.71 Å². The largest absolute Gasteiger partial charge is 0.298 e. The lowest BCUT2D eigenvalue weighted by Gasteiger charge is -2.21. The van der Waals surface area contributed by atoms with Gasteiger partial charge in [-0.05, 0) is 58.1 Å². The SMILES string of the molecule is c1ccc(CSNc2nc(SCc3ccccc3)nc(N(SCc3ccccc3)SCc3ccccc3)n2)cc1. The summed E-state index contributed by atoms with van der Waals surface area (Å²) in [5, 5.41) is 0.697. The average Bonchev–Trinajstić information content (AvgIpc) is 3.02. The highest BCUT2D eigenvalue weighted by Gasteiger charge is 2.17. The summed E-state index contributed by atoms with van der Waals surface area (Å²) < 4.78 is 5.50. The highest BCUT2D eigenvalue weighted by Crippen LogP contribution is 2.34. The van der Waals surface area contributed by atoms with E-state index in [0.29, 0.717) is 17.1 Å². The molecule has 1 heterocycles. The molecule has 9 heteroatoms. The molecule has 0 fully saturated rings. The first-order chi connectivity index (χ1) is 19.8. The number of anilines is 2. The molecular weight excluding hydrogens is 571 g/mol. The van der Waals surface area contributed by atoms with Crippen molar-refractivity contribution in [2.45, 2.75) is 28.2 Å². The van der Waals surface area contributed by atoms with Gasteiger partial charge in [-0.15, -0.1) is 0 Å². The minimum Gasteiger partial charge on any atom is -0.298 e. The van der Waals surface area contributed by atoms with Crippen molar-refractivity contribution in [3.63, 3.8) is 0 Å². The Kier molecular flexibility index (Phi) is 11.1. The number of nitrogens with one attached hydrogen (secondary N) is 1. The zero-order valence-electron chi connectivity index (χ0n) is 21.8. The maximum absolute atomic E-state index is 4.92. The van der Waals surface area contributed by atoms with E-state index in [1.807, 2.05) is 24.3 Å². The van der Waals surface area contributed by atoms with Crippen LogP contribution >= 0.6 is 47.6 Å². The van der Waals surface area contributed by atoms with Crippen LogP contribution in [0.5, 0.6) is 0 Å². The second kappa shape index (κ2) is 15.6. The third kappa shape index (κ3) is 9.23. The number of aromatic nitrogens is 3.